The molecule has 1 atom stereocenters. The monoisotopic (exact) mass is 317 g/mol. The molecule has 92 valence electrons. The molecule has 2 N–H and O–H groups in total. The van der Waals surface area contributed by atoms with Gasteiger partial charge in [-0.25, -0.2) is 0 Å². The van der Waals surface area contributed by atoms with Crippen LogP contribution in [-0.2, 0) is 11.2 Å². The van der Waals surface area contributed by atoms with Crippen LogP contribution in [0.5, 0.6) is 0 Å². The number of thiophene rings is 1. The average molecular weight is 318 g/mol. The summed E-state index contributed by atoms with van der Waals surface area (Å²) in [5, 5.41) is 0. The first kappa shape index (κ1) is 14.0. The fourth-order valence-electron chi connectivity index (χ4n) is 1.10. The van der Waals surface area contributed by atoms with Crippen molar-refractivity contribution in [3.63, 3.8) is 0 Å². The molecule has 1 aromatic heterocycles. The van der Waals surface area contributed by atoms with Crippen LogP contribution >= 0.6 is 27.3 Å². The summed E-state index contributed by atoms with van der Waals surface area (Å²) in [6.45, 7) is -1.33. The topological polar surface area (TPSA) is 35.2 Å². The Hall–Kier alpha value is -0.110. The second-order valence-electron chi connectivity index (χ2n) is 3.30. The summed E-state index contributed by atoms with van der Waals surface area (Å²) in [6, 6.07) is 3.36. The minimum absolute atomic E-state index is 0.0883. The van der Waals surface area contributed by atoms with Crippen LogP contribution in [0.1, 0.15) is 4.88 Å². The van der Waals surface area contributed by atoms with Crippen molar-refractivity contribution in [1.82, 2.24) is 0 Å². The van der Waals surface area contributed by atoms with Crippen LogP contribution in [-0.4, -0.2) is 25.4 Å². The second kappa shape index (κ2) is 6.00. The van der Waals surface area contributed by atoms with Gasteiger partial charge in [-0.15, -0.1) is 11.3 Å². The molecule has 0 aromatic carbocycles. The summed E-state index contributed by atoms with van der Waals surface area (Å²) in [5.74, 6) is 0. The number of nitrogens with two attached hydrogens (primary N) is 1. The molecule has 7 heteroatoms. The van der Waals surface area contributed by atoms with Crippen LogP contribution in [0, 0.1) is 0 Å². The van der Waals surface area contributed by atoms with Gasteiger partial charge in [-0.1, -0.05) is 0 Å². The Kier molecular flexibility index (Phi) is 5.23. The standard InChI is InChI=1S/C9H11BrF3NOS/c10-8-2-1-7(16-8)3-6(14)4-15-5-9(11,12)13/h1-2,6H,3-5,14H2. The highest BCUT2D eigenvalue weighted by Crippen LogP contribution is 2.23. The zero-order valence-corrected chi connectivity index (χ0v) is 10.7. The third-order valence-corrected chi connectivity index (χ3v) is 3.34. The van der Waals surface area contributed by atoms with Gasteiger partial charge in [-0.2, -0.15) is 13.2 Å². The Morgan fingerprint density at radius 2 is 2.12 bits per heavy atom. The summed E-state index contributed by atoms with van der Waals surface area (Å²) in [4.78, 5) is 1.02. The Bertz CT molecular complexity index is 329. The fraction of sp³-hybridized carbons (Fsp3) is 0.556. The van der Waals surface area contributed by atoms with Crippen molar-refractivity contribution in [2.45, 2.75) is 18.6 Å². The SMILES string of the molecule is NC(COCC(F)(F)F)Cc1ccc(Br)s1. The molecule has 0 aliphatic rings. The maximum atomic E-state index is 11.8. The van der Waals surface area contributed by atoms with Crippen LogP contribution < -0.4 is 5.73 Å². The largest absolute Gasteiger partial charge is 0.411 e. The van der Waals surface area contributed by atoms with Gasteiger partial charge in [-0.3, -0.25) is 0 Å². The lowest BCUT2D eigenvalue weighted by Crippen LogP contribution is -2.30. The van der Waals surface area contributed by atoms with Gasteiger partial charge >= 0.3 is 6.18 Å². The molecule has 0 fully saturated rings. The fourth-order valence-corrected chi connectivity index (χ4v) is 2.68. The van der Waals surface area contributed by atoms with E-state index < -0.39 is 18.8 Å². The molecule has 1 rings (SSSR count). The molecule has 0 aliphatic carbocycles. The third kappa shape index (κ3) is 5.83. The van der Waals surface area contributed by atoms with E-state index in [-0.39, 0.29) is 6.61 Å². The van der Waals surface area contributed by atoms with Crippen molar-refractivity contribution in [2.75, 3.05) is 13.2 Å². The maximum Gasteiger partial charge on any atom is 0.411 e. The van der Waals surface area contributed by atoms with E-state index in [1.165, 1.54) is 11.3 Å². The minimum Gasteiger partial charge on any atom is -0.370 e. The lowest BCUT2D eigenvalue weighted by Gasteiger charge is -2.12. The zero-order valence-electron chi connectivity index (χ0n) is 8.26. The van der Waals surface area contributed by atoms with Crippen molar-refractivity contribution in [3.8, 4) is 0 Å². The lowest BCUT2D eigenvalue weighted by molar-refractivity contribution is -0.174. The number of hydrogen-bond donors (Lipinski definition) is 1. The molecule has 1 heterocycles. The van der Waals surface area contributed by atoms with Gasteiger partial charge in [0.25, 0.3) is 0 Å². The molecule has 0 bridgehead atoms. The van der Waals surface area contributed by atoms with E-state index in [1.807, 2.05) is 12.1 Å². The molecule has 0 aliphatic heterocycles. The van der Waals surface area contributed by atoms with Crippen molar-refractivity contribution < 1.29 is 17.9 Å². The molecular formula is C9H11BrF3NOS. The molecule has 1 aromatic rings. The molecule has 2 nitrogen and oxygen atoms in total. The Morgan fingerprint density at radius 1 is 1.44 bits per heavy atom. The quantitative estimate of drug-likeness (QED) is 0.906. The van der Waals surface area contributed by atoms with E-state index in [0.717, 1.165) is 8.66 Å². The molecule has 0 spiro atoms. The van der Waals surface area contributed by atoms with Gasteiger partial charge in [-0.05, 0) is 34.5 Å². The van der Waals surface area contributed by atoms with E-state index in [4.69, 9.17) is 5.73 Å². The van der Waals surface area contributed by atoms with E-state index in [9.17, 15) is 13.2 Å². The van der Waals surface area contributed by atoms with Crippen LogP contribution in [0.15, 0.2) is 15.9 Å². The number of rotatable bonds is 5. The van der Waals surface area contributed by atoms with Crippen LogP contribution in [0.4, 0.5) is 13.2 Å². The lowest BCUT2D eigenvalue weighted by atomic mass is 10.2. The number of hydrogen-bond acceptors (Lipinski definition) is 3. The third-order valence-electron chi connectivity index (χ3n) is 1.69. The molecule has 16 heavy (non-hydrogen) atoms. The van der Waals surface area contributed by atoms with Crippen molar-refractivity contribution in [3.05, 3.63) is 20.8 Å². The van der Waals surface area contributed by atoms with Crippen LogP contribution in [0.3, 0.4) is 0 Å². The van der Waals surface area contributed by atoms with Crippen LogP contribution in [0.25, 0.3) is 0 Å². The van der Waals surface area contributed by atoms with Gasteiger partial charge in [0.15, 0.2) is 0 Å². The zero-order chi connectivity index (χ0) is 12.2. The van der Waals surface area contributed by atoms with Gasteiger partial charge in [0, 0.05) is 10.9 Å². The predicted octanol–water partition coefficient (Wildman–Crippen LogP) is 2.96. The summed E-state index contributed by atoms with van der Waals surface area (Å²) < 4.78 is 40.8. The first-order valence-electron chi connectivity index (χ1n) is 4.51. The normalized spacial score (nSPS) is 14.1. The highest BCUT2D eigenvalue weighted by Gasteiger charge is 2.27. The first-order valence-corrected chi connectivity index (χ1v) is 6.12. The molecule has 1 unspecified atom stereocenters. The molecule has 0 radical (unpaired) electrons. The van der Waals surface area contributed by atoms with Gasteiger partial charge in [0.2, 0.25) is 0 Å². The van der Waals surface area contributed by atoms with E-state index >= 15 is 0 Å². The van der Waals surface area contributed by atoms with E-state index in [0.29, 0.717) is 6.42 Å². The predicted molar refractivity (Wildman–Crippen MR) is 60.6 cm³/mol. The van der Waals surface area contributed by atoms with E-state index in [1.54, 1.807) is 0 Å². The molecule has 0 saturated carbocycles. The molecule has 0 saturated heterocycles. The summed E-state index contributed by atoms with van der Waals surface area (Å²) >= 11 is 4.81. The van der Waals surface area contributed by atoms with Gasteiger partial charge in [0.1, 0.15) is 6.61 Å². The Morgan fingerprint density at radius 3 is 2.62 bits per heavy atom. The number of alkyl halides is 3. The Balaban J connectivity index is 2.23. The first-order chi connectivity index (χ1) is 7.37. The van der Waals surface area contributed by atoms with Crippen molar-refractivity contribution in [2.24, 2.45) is 5.73 Å². The summed E-state index contributed by atoms with van der Waals surface area (Å²) in [7, 11) is 0. The Labute approximate surface area is 104 Å². The van der Waals surface area contributed by atoms with Crippen molar-refractivity contribution in [1.29, 1.82) is 0 Å². The van der Waals surface area contributed by atoms with Gasteiger partial charge < -0.3 is 10.5 Å². The number of ether oxygens (including phenoxy) is 1. The molecular weight excluding hydrogens is 307 g/mol. The van der Waals surface area contributed by atoms with Crippen LogP contribution in [0.2, 0.25) is 0 Å². The second-order valence-corrected chi connectivity index (χ2v) is 5.85. The highest BCUT2D eigenvalue weighted by atomic mass is 79.9. The number of halogens is 4. The highest BCUT2D eigenvalue weighted by molar-refractivity contribution is 9.11. The van der Waals surface area contributed by atoms with E-state index in [2.05, 4.69) is 20.7 Å². The van der Waals surface area contributed by atoms with Gasteiger partial charge in [0.05, 0.1) is 10.4 Å². The average Bonchev–Trinajstić information content (AvgIpc) is 2.48. The maximum absolute atomic E-state index is 11.8. The summed E-state index contributed by atoms with van der Waals surface area (Å²) in [5.41, 5.74) is 5.64. The van der Waals surface area contributed by atoms with Crippen molar-refractivity contribution >= 4 is 27.3 Å². The smallest absolute Gasteiger partial charge is 0.370 e. The minimum atomic E-state index is -4.29. The molecule has 0 amide bonds. The summed E-state index contributed by atoms with van der Waals surface area (Å²) in [6.07, 6.45) is -3.76.